The summed E-state index contributed by atoms with van der Waals surface area (Å²) in [5, 5.41) is 18.9. The highest BCUT2D eigenvalue weighted by atomic mass is 16.2. The van der Waals surface area contributed by atoms with Gasteiger partial charge in [0.15, 0.2) is 0 Å². The maximum absolute atomic E-state index is 13.1. The van der Waals surface area contributed by atoms with Gasteiger partial charge in [-0.2, -0.15) is 10.3 Å². The number of aromatic amines is 1. The van der Waals surface area contributed by atoms with Gasteiger partial charge in [-0.15, -0.1) is 22.5 Å². The van der Waals surface area contributed by atoms with Crippen LogP contribution in [0.1, 0.15) is 38.6 Å². The van der Waals surface area contributed by atoms with Crippen LogP contribution in [0.25, 0.3) is 22.5 Å². The Morgan fingerprint density at radius 2 is 1.78 bits per heavy atom. The Bertz CT molecular complexity index is 1300. The van der Waals surface area contributed by atoms with E-state index in [1.54, 1.807) is 4.57 Å². The summed E-state index contributed by atoms with van der Waals surface area (Å²) >= 11 is 0. The first-order valence-corrected chi connectivity index (χ1v) is 10.4. The van der Waals surface area contributed by atoms with Crippen LogP contribution in [-0.4, -0.2) is 35.0 Å². The van der Waals surface area contributed by atoms with Gasteiger partial charge in [0.1, 0.15) is 5.82 Å². The van der Waals surface area contributed by atoms with Gasteiger partial charge < -0.3 is 0 Å². The molecule has 2 heterocycles. The normalized spacial score (nSPS) is 11.4. The van der Waals surface area contributed by atoms with Gasteiger partial charge >= 0.3 is 5.69 Å². The molecular formula is C24H25N7O. The van der Waals surface area contributed by atoms with Crippen LogP contribution in [-0.2, 0) is 18.5 Å². The third-order valence-corrected chi connectivity index (χ3v) is 5.19. The van der Waals surface area contributed by atoms with Crippen LogP contribution in [0.3, 0.4) is 0 Å². The quantitative estimate of drug-likeness (QED) is 0.477. The zero-order chi connectivity index (χ0) is 22.7. The molecule has 2 aromatic heterocycles. The summed E-state index contributed by atoms with van der Waals surface area (Å²) in [5.74, 6) is 3.88. The fourth-order valence-corrected chi connectivity index (χ4v) is 3.58. The molecule has 8 heteroatoms. The Balaban J connectivity index is 1.66. The van der Waals surface area contributed by atoms with E-state index in [0.29, 0.717) is 31.0 Å². The number of rotatable bonds is 6. The monoisotopic (exact) mass is 427 g/mol. The van der Waals surface area contributed by atoms with Crippen molar-refractivity contribution in [3.05, 3.63) is 70.4 Å². The lowest BCUT2D eigenvalue weighted by Gasteiger charge is -2.16. The lowest BCUT2D eigenvalue weighted by molar-refractivity contribution is 0.339. The summed E-state index contributed by atoms with van der Waals surface area (Å²) in [5.41, 5.74) is 3.40. The summed E-state index contributed by atoms with van der Waals surface area (Å²) in [6, 6.07) is 16.0. The third-order valence-electron chi connectivity index (χ3n) is 5.19. The number of H-pyrrole nitrogens is 1. The number of nitrogens with zero attached hydrogens (tertiary/aromatic N) is 6. The van der Waals surface area contributed by atoms with Crippen molar-refractivity contribution in [2.24, 2.45) is 0 Å². The van der Waals surface area contributed by atoms with Crippen LogP contribution in [0.5, 0.6) is 0 Å². The SMILES string of the molecule is C#CCCc1nn(C(C)(C)C)c(=O)n1Cc1ccc(-c2ccccc2-c2nn[nH]n2)cc1. The number of nitrogens with one attached hydrogen (secondary N) is 1. The topological polar surface area (TPSA) is 94.3 Å². The van der Waals surface area contributed by atoms with E-state index in [1.165, 1.54) is 4.68 Å². The molecule has 0 saturated heterocycles. The molecule has 0 spiro atoms. The maximum atomic E-state index is 13.1. The Kier molecular flexibility index (Phi) is 5.73. The van der Waals surface area contributed by atoms with Gasteiger partial charge in [-0.1, -0.05) is 48.5 Å². The molecule has 0 fully saturated rings. The van der Waals surface area contributed by atoms with E-state index in [-0.39, 0.29) is 5.69 Å². The maximum Gasteiger partial charge on any atom is 0.346 e. The minimum atomic E-state index is -0.407. The van der Waals surface area contributed by atoms with Gasteiger partial charge in [0.25, 0.3) is 0 Å². The van der Waals surface area contributed by atoms with Crippen LogP contribution < -0.4 is 5.69 Å². The zero-order valence-corrected chi connectivity index (χ0v) is 18.4. The first kappa shape index (κ1) is 21.2. The first-order chi connectivity index (χ1) is 15.4. The van der Waals surface area contributed by atoms with Crippen molar-refractivity contribution in [1.82, 2.24) is 35.0 Å². The molecule has 0 aliphatic heterocycles. The Morgan fingerprint density at radius 1 is 1.06 bits per heavy atom. The van der Waals surface area contributed by atoms with Crippen molar-refractivity contribution < 1.29 is 0 Å². The van der Waals surface area contributed by atoms with Crippen molar-refractivity contribution in [2.75, 3.05) is 0 Å². The number of hydrogen-bond donors (Lipinski definition) is 1. The van der Waals surface area contributed by atoms with Crippen molar-refractivity contribution in [2.45, 2.75) is 45.7 Å². The van der Waals surface area contributed by atoms with Gasteiger partial charge in [-0.05, 0) is 42.7 Å². The molecular weight excluding hydrogens is 402 g/mol. The molecule has 0 aliphatic rings. The molecule has 0 bridgehead atoms. The van der Waals surface area contributed by atoms with Gasteiger partial charge in [-0.25, -0.2) is 9.48 Å². The Morgan fingerprint density at radius 3 is 2.41 bits per heavy atom. The molecule has 162 valence electrons. The first-order valence-electron chi connectivity index (χ1n) is 10.4. The molecule has 0 unspecified atom stereocenters. The van der Waals surface area contributed by atoms with E-state index in [1.807, 2.05) is 69.3 Å². The zero-order valence-electron chi connectivity index (χ0n) is 18.4. The van der Waals surface area contributed by atoms with Gasteiger partial charge in [0, 0.05) is 18.4 Å². The van der Waals surface area contributed by atoms with Gasteiger partial charge in [0.05, 0.1) is 12.1 Å². The number of tetrazole rings is 1. The molecule has 4 rings (SSSR count). The van der Waals surface area contributed by atoms with Crippen LogP contribution >= 0.6 is 0 Å². The number of terminal acetylenes is 1. The fraction of sp³-hybridized carbons (Fsp3) is 0.292. The van der Waals surface area contributed by atoms with Gasteiger partial charge in [-0.3, -0.25) is 4.57 Å². The van der Waals surface area contributed by atoms with Crippen molar-refractivity contribution in [3.8, 4) is 34.9 Å². The second-order valence-corrected chi connectivity index (χ2v) is 8.55. The van der Waals surface area contributed by atoms with Crippen LogP contribution in [0.15, 0.2) is 53.3 Å². The lowest BCUT2D eigenvalue weighted by atomic mass is 9.98. The van der Waals surface area contributed by atoms with Crippen LogP contribution in [0.2, 0.25) is 0 Å². The molecule has 0 aliphatic carbocycles. The van der Waals surface area contributed by atoms with Crippen molar-refractivity contribution in [3.63, 3.8) is 0 Å². The van der Waals surface area contributed by atoms with E-state index >= 15 is 0 Å². The Hall–Kier alpha value is -3.99. The number of hydrogen-bond acceptors (Lipinski definition) is 5. The van der Waals surface area contributed by atoms with Crippen LogP contribution in [0.4, 0.5) is 0 Å². The van der Waals surface area contributed by atoms with Crippen LogP contribution in [0, 0.1) is 12.3 Å². The molecule has 4 aromatic rings. The fourth-order valence-electron chi connectivity index (χ4n) is 3.58. The molecule has 2 aromatic carbocycles. The largest absolute Gasteiger partial charge is 0.346 e. The summed E-state index contributed by atoms with van der Waals surface area (Å²) in [7, 11) is 0. The average molecular weight is 428 g/mol. The molecule has 8 nitrogen and oxygen atoms in total. The average Bonchev–Trinajstić information content (AvgIpc) is 3.42. The van der Waals surface area contributed by atoms with E-state index in [4.69, 9.17) is 6.42 Å². The molecule has 0 atom stereocenters. The second kappa shape index (κ2) is 8.63. The van der Waals surface area contributed by atoms with E-state index in [9.17, 15) is 4.79 Å². The molecule has 0 amide bonds. The minimum Gasteiger partial charge on any atom is -0.274 e. The highest BCUT2D eigenvalue weighted by Crippen LogP contribution is 2.29. The molecule has 0 saturated carbocycles. The third kappa shape index (κ3) is 4.23. The number of benzene rings is 2. The highest BCUT2D eigenvalue weighted by Gasteiger charge is 2.22. The van der Waals surface area contributed by atoms with E-state index in [2.05, 4.69) is 31.6 Å². The number of aryl methyl sites for hydroxylation is 1. The summed E-state index contributed by atoms with van der Waals surface area (Å²) in [6.45, 7) is 6.33. The van der Waals surface area contributed by atoms with Crippen molar-refractivity contribution in [1.29, 1.82) is 0 Å². The standard InChI is InChI=1S/C24H25N7O/c1-5-6-11-21-27-31(24(2,3)4)23(32)30(21)16-17-12-14-18(15-13-17)19-9-7-8-10-20(19)22-25-28-29-26-22/h1,7-10,12-15H,6,11,16H2,2-4H3,(H,25,26,28,29). The molecule has 1 N–H and O–H groups in total. The van der Waals surface area contributed by atoms with Gasteiger partial charge in [0.2, 0.25) is 5.82 Å². The predicted octanol–water partition coefficient (Wildman–Crippen LogP) is 3.26. The molecule has 32 heavy (non-hydrogen) atoms. The second-order valence-electron chi connectivity index (χ2n) is 8.55. The number of aromatic nitrogens is 7. The van der Waals surface area contributed by atoms with Crippen molar-refractivity contribution >= 4 is 0 Å². The smallest absolute Gasteiger partial charge is 0.274 e. The molecule has 0 radical (unpaired) electrons. The summed E-state index contributed by atoms with van der Waals surface area (Å²) in [6.07, 6.45) is 6.54. The van der Waals surface area contributed by atoms with E-state index in [0.717, 1.165) is 22.3 Å². The predicted molar refractivity (Wildman–Crippen MR) is 123 cm³/mol. The Labute approximate surface area is 186 Å². The summed E-state index contributed by atoms with van der Waals surface area (Å²) in [4.78, 5) is 13.1. The van der Waals surface area contributed by atoms with E-state index < -0.39 is 5.54 Å². The summed E-state index contributed by atoms with van der Waals surface area (Å²) < 4.78 is 3.25. The highest BCUT2D eigenvalue weighted by molar-refractivity contribution is 5.80. The minimum absolute atomic E-state index is 0.129. The lowest BCUT2D eigenvalue weighted by Crippen LogP contribution is -2.36.